The molecule has 1 aliphatic rings. The summed E-state index contributed by atoms with van der Waals surface area (Å²) >= 11 is 0. The van der Waals surface area contributed by atoms with Crippen molar-refractivity contribution >= 4 is 5.91 Å². The van der Waals surface area contributed by atoms with Crippen LogP contribution in [0.2, 0.25) is 0 Å². The lowest BCUT2D eigenvalue weighted by atomic mass is 10.0. The zero-order valence-electron chi connectivity index (χ0n) is 11.2. The number of hydrogen-bond donors (Lipinski definition) is 2. The molecule has 0 bridgehead atoms. The number of primary amides is 1. The van der Waals surface area contributed by atoms with Crippen LogP contribution in [0, 0.1) is 0 Å². The predicted molar refractivity (Wildman–Crippen MR) is 74.9 cm³/mol. The third-order valence-electron chi connectivity index (χ3n) is 3.50. The first-order chi connectivity index (χ1) is 9.25. The van der Waals surface area contributed by atoms with E-state index in [0.29, 0.717) is 18.2 Å². The zero-order chi connectivity index (χ0) is 13.5. The van der Waals surface area contributed by atoms with E-state index in [9.17, 15) is 4.79 Å². The second-order valence-corrected chi connectivity index (χ2v) is 5.05. The van der Waals surface area contributed by atoms with Crippen molar-refractivity contribution in [1.29, 1.82) is 0 Å². The summed E-state index contributed by atoms with van der Waals surface area (Å²) in [6, 6.07) is 7.90. The molecule has 1 atom stereocenters. The van der Waals surface area contributed by atoms with Crippen LogP contribution in [0.4, 0.5) is 0 Å². The summed E-state index contributed by atoms with van der Waals surface area (Å²) in [6.45, 7) is 2.41. The summed E-state index contributed by atoms with van der Waals surface area (Å²) in [5.41, 5.74) is 6.78. The monoisotopic (exact) mass is 262 g/mol. The van der Waals surface area contributed by atoms with Crippen LogP contribution in [0.5, 0.6) is 0 Å². The van der Waals surface area contributed by atoms with Crippen molar-refractivity contribution in [3.63, 3.8) is 0 Å². The molecule has 1 heterocycles. The molecule has 4 nitrogen and oxygen atoms in total. The number of hydrogen-bond acceptors (Lipinski definition) is 3. The van der Waals surface area contributed by atoms with E-state index in [1.165, 1.54) is 19.3 Å². The van der Waals surface area contributed by atoms with Crippen molar-refractivity contribution in [2.75, 3.05) is 13.2 Å². The van der Waals surface area contributed by atoms with Gasteiger partial charge in [-0.3, -0.25) is 4.79 Å². The van der Waals surface area contributed by atoms with Crippen LogP contribution in [-0.4, -0.2) is 25.1 Å². The third-order valence-corrected chi connectivity index (χ3v) is 3.50. The van der Waals surface area contributed by atoms with E-state index in [2.05, 4.69) is 5.32 Å². The normalized spacial score (nSPS) is 19.3. The van der Waals surface area contributed by atoms with E-state index < -0.39 is 5.91 Å². The minimum atomic E-state index is -0.395. The van der Waals surface area contributed by atoms with Crippen molar-refractivity contribution in [3.8, 4) is 0 Å². The Labute approximate surface area is 114 Å². The van der Waals surface area contributed by atoms with Crippen molar-refractivity contribution in [3.05, 3.63) is 35.4 Å². The Morgan fingerprint density at radius 1 is 1.42 bits per heavy atom. The third kappa shape index (κ3) is 4.65. The molecule has 1 aliphatic heterocycles. The van der Waals surface area contributed by atoms with E-state index in [1.807, 2.05) is 12.1 Å². The van der Waals surface area contributed by atoms with Crippen LogP contribution in [0.15, 0.2) is 24.3 Å². The largest absolute Gasteiger partial charge is 0.377 e. The Bertz CT molecular complexity index is 414. The SMILES string of the molecule is NC(=O)c1cccc(COCCC2CCCCN2)c1. The van der Waals surface area contributed by atoms with Gasteiger partial charge in [0.1, 0.15) is 0 Å². The second kappa shape index (κ2) is 7.26. The fourth-order valence-electron chi connectivity index (χ4n) is 2.40. The van der Waals surface area contributed by atoms with E-state index in [4.69, 9.17) is 10.5 Å². The Morgan fingerprint density at radius 2 is 2.32 bits per heavy atom. The number of amides is 1. The molecule has 19 heavy (non-hydrogen) atoms. The second-order valence-electron chi connectivity index (χ2n) is 5.05. The lowest BCUT2D eigenvalue weighted by Gasteiger charge is -2.23. The molecule has 0 aliphatic carbocycles. The molecule has 1 unspecified atom stereocenters. The number of carbonyl (C=O) groups excluding carboxylic acids is 1. The topological polar surface area (TPSA) is 64.4 Å². The molecule has 0 spiro atoms. The number of piperidine rings is 1. The zero-order valence-corrected chi connectivity index (χ0v) is 11.2. The Kier molecular flexibility index (Phi) is 5.36. The van der Waals surface area contributed by atoms with E-state index in [-0.39, 0.29) is 0 Å². The first-order valence-electron chi connectivity index (χ1n) is 6.95. The highest BCUT2D eigenvalue weighted by atomic mass is 16.5. The van der Waals surface area contributed by atoms with Gasteiger partial charge in [0.2, 0.25) is 5.91 Å². The molecule has 2 rings (SSSR count). The molecule has 1 fully saturated rings. The molecule has 0 saturated carbocycles. The van der Waals surface area contributed by atoms with Crippen LogP contribution < -0.4 is 11.1 Å². The van der Waals surface area contributed by atoms with Gasteiger partial charge in [0.15, 0.2) is 0 Å². The lowest BCUT2D eigenvalue weighted by molar-refractivity contribution is 0.0998. The standard InChI is InChI=1S/C15H22N2O2/c16-15(18)13-5-3-4-12(10-13)11-19-9-7-14-6-1-2-8-17-14/h3-5,10,14,17H,1-2,6-9,11H2,(H2,16,18). The molecule has 1 aromatic rings. The van der Waals surface area contributed by atoms with Gasteiger partial charge >= 0.3 is 0 Å². The summed E-state index contributed by atoms with van der Waals surface area (Å²) in [5.74, 6) is -0.395. The predicted octanol–water partition coefficient (Wildman–Crippen LogP) is 1.83. The Balaban J connectivity index is 1.70. The highest BCUT2D eigenvalue weighted by Crippen LogP contribution is 2.11. The lowest BCUT2D eigenvalue weighted by Crippen LogP contribution is -2.34. The molecule has 3 N–H and O–H groups in total. The fraction of sp³-hybridized carbons (Fsp3) is 0.533. The van der Waals surface area contributed by atoms with Crippen LogP contribution in [0.3, 0.4) is 0 Å². The molecule has 1 saturated heterocycles. The van der Waals surface area contributed by atoms with Crippen molar-refractivity contribution < 1.29 is 9.53 Å². The minimum absolute atomic E-state index is 0.395. The van der Waals surface area contributed by atoms with Gasteiger partial charge < -0.3 is 15.8 Å². The van der Waals surface area contributed by atoms with Gasteiger partial charge in [0, 0.05) is 18.2 Å². The summed E-state index contributed by atoms with van der Waals surface area (Å²) in [5, 5.41) is 3.50. The van der Waals surface area contributed by atoms with E-state index in [0.717, 1.165) is 25.1 Å². The summed E-state index contributed by atoms with van der Waals surface area (Å²) in [6.07, 6.45) is 4.91. The van der Waals surface area contributed by atoms with Crippen molar-refractivity contribution in [2.24, 2.45) is 5.73 Å². The van der Waals surface area contributed by atoms with Gasteiger partial charge in [-0.05, 0) is 43.5 Å². The quantitative estimate of drug-likeness (QED) is 0.769. The number of rotatable bonds is 6. The highest BCUT2D eigenvalue weighted by Gasteiger charge is 2.11. The van der Waals surface area contributed by atoms with Crippen LogP contribution in [0.1, 0.15) is 41.6 Å². The number of nitrogens with two attached hydrogens (primary N) is 1. The van der Waals surface area contributed by atoms with Crippen LogP contribution in [0.25, 0.3) is 0 Å². The fourth-order valence-corrected chi connectivity index (χ4v) is 2.40. The molecular weight excluding hydrogens is 240 g/mol. The van der Waals surface area contributed by atoms with Gasteiger partial charge in [-0.15, -0.1) is 0 Å². The molecular formula is C15H22N2O2. The molecule has 4 heteroatoms. The Hall–Kier alpha value is -1.39. The molecule has 1 amide bonds. The van der Waals surface area contributed by atoms with Gasteiger partial charge in [0.25, 0.3) is 0 Å². The molecule has 0 aromatic heterocycles. The number of benzene rings is 1. The van der Waals surface area contributed by atoms with E-state index in [1.54, 1.807) is 12.1 Å². The maximum atomic E-state index is 11.1. The van der Waals surface area contributed by atoms with Crippen molar-refractivity contribution in [1.82, 2.24) is 5.32 Å². The number of ether oxygens (including phenoxy) is 1. The molecule has 1 aromatic carbocycles. The van der Waals surface area contributed by atoms with Crippen LogP contribution in [-0.2, 0) is 11.3 Å². The minimum Gasteiger partial charge on any atom is -0.377 e. The number of nitrogens with one attached hydrogen (secondary N) is 1. The maximum absolute atomic E-state index is 11.1. The van der Waals surface area contributed by atoms with E-state index >= 15 is 0 Å². The number of carbonyl (C=O) groups is 1. The first-order valence-corrected chi connectivity index (χ1v) is 6.95. The van der Waals surface area contributed by atoms with Gasteiger partial charge in [0.05, 0.1) is 6.61 Å². The summed E-state index contributed by atoms with van der Waals surface area (Å²) in [4.78, 5) is 11.1. The smallest absolute Gasteiger partial charge is 0.248 e. The van der Waals surface area contributed by atoms with Crippen molar-refractivity contribution in [2.45, 2.75) is 38.3 Å². The maximum Gasteiger partial charge on any atom is 0.248 e. The van der Waals surface area contributed by atoms with Gasteiger partial charge in [-0.2, -0.15) is 0 Å². The highest BCUT2D eigenvalue weighted by molar-refractivity contribution is 5.92. The summed E-state index contributed by atoms with van der Waals surface area (Å²) < 4.78 is 5.67. The van der Waals surface area contributed by atoms with Gasteiger partial charge in [-0.1, -0.05) is 18.6 Å². The average molecular weight is 262 g/mol. The van der Waals surface area contributed by atoms with Gasteiger partial charge in [-0.25, -0.2) is 0 Å². The Morgan fingerprint density at radius 3 is 3.05 bits per heavy atom. The van der Waals surface area contributed by atoms with Crippen LogP contribution >= 0.6 is 0 Å². The molecule has 0 radical (unpaired) electrons. The average Bonchev–Trinajstić information content (AvgIpc) is 2.45. The molecule has 104 valence electrons. The summed E-state index contributed by atoms with van der Waals surface area (Å²) in [7, 11) is 0. The first kappa shape index (κ1) is 14.0.